The van der Waals surface area contributed by atoms with E-state index in [1.165, 1.54) is 96.5 Å². The van der Waals surface area contributed by atoms with Crippen molar-refractivity contribution in [1.29, 1.82) is 0 Å². The van der Waals surface area contributed by atoms with Crippen molar-refractivity contribution in [1.82, 2.24) is 34.8 Å². The van der Waals surface area contributed by atoms with Gasteiger partial charge < -0.3 is 40.6 Å². The van der Waals surface area contributed by atoms with Gasteiger partial charge in [-0.25, -0.2) is 36.7 Å². The predicted octanol–water partition coefficient (Wildman–Crippen LogP) is 8.65. The van der Waals surface area contributed by atoms with Gasteiger partial charge in [-0.1, -0.05) is 0 Å². The molecule has 0 unspecified atom stereocenters. The van der Waals surface area contributed by atoms with Crippen molar-refractivity contribution in [3.63, 3.8) is 0 Å². The zero-order valence-electron chi connectivity index (χ0n) is 38.3. The molecule has 3 aromatic heterocycles. The molecule has 2 atom stereocenters. The first-order valence-corrected chi connectivity index (χ1v) is 21.6. The van der Waals surface area contributed by atoms with E-state index in [1.54, 1.807) is 32.4 Å². The number of imidazole rings is 1. The van der Waals surface area contributed by atoms with Gasteiger partial charge in [0, 0.05) is 73.0 Å². The number of nitrogens with zero attached hydrogens (tertiary/aromatic N) is 6. The number of carbonyl (C=O) groups is 4. The van der Waals surface area contributed by atoms with E-state index >= 15 is 0 Å². The van der Waals surface area contributed by atoms with Crippen molar-refractivity contribution in [3.05, 3.63) is 185 Å². The number of amides is 3. The molecule has 0 saturated carbocycles. The summed E-state index contributed by atoms with van der Waals surface area (Å²) in [6.07, 6.45) is 13.0. The van der Waals surface area contributed by atoms with Gasteiger partial charge >= 0.3 is 12.2 Å². The Morgan fingerprint density at radius 1 is 0.667 bits per heavy atom. The summed E-state index contributed by atoms with van der Waals surface area (Å²) in [6, 6.07) is 12.2. The maximum absolute atomic E-state index is 14.7. The summed E-state index contributed by atoms with van der Waals surface area (Å²) in [6.45, 7) is 3.66. The Morgan fingerprint density at radius 2 is 1.18 bits per heavy atom. The van der Waals surface area contributed by atoms with E-state index in [9.17, 15) is 36.7 Å². The number of benzene rings is 4. The molecule has 0 aliphatic carbocycles. The number of hydrogen-bond donors (Lipinski definition) is 4. The van der Waals surface area contributed by atoms with Gasteiger partial charge in [0.1, 0.15) is 54.3 Å². The first-order chi connectivity index (χ1) is 34.2. The fraction of sp³-hybridized carbons (Fsp3) is 0.204. The van der Waals surface area contributed by atoms with Crippen molar-refractivity contribution in [2.24, 2.45) is 5.73 Å². The molecule has 7 aromatic rings. The minimum Gasteiger partial charge on any atom is -0.492 e. The standard InChI is InChI=1S/C23H20F2N4O4.C17H16F2N2O2.C9H8N4O2.ClH/c1-13-10-14(2-4-17(13)24)28-22(30)16-3-5-18(25)20-19(6-9-32-21(16)20)29-23(31)33-12-15-11-26-7-8-27-15;1-9-8-10(2-4-12(9)18)21-17(22)11-3-5-13(19)15-14(20)6-7-23-16(11)15;14-9(13-4-3-11-7-13)15-6-8-5-10-1-2-12-8;/h2-5,7-8,10-11,19H,6,9,12H2,1H3,(H,28,30)(H,29,31);2-5,8,14H,6-7,20H2,1H3,(H,21,22);1-5,7H,6H2;1H/t19-;14-;;/m00../s1. The lowest BCUT2D eigenvalue weighted by Gasteiger charge is -2.28. The molecule has 5 N–H and O–H groups in total. The number of halogens is 5. The van der Waals surface area contributed by atoms with Gasteiger partial charge in [-0.3, -0.25) is 29.5 Å². The van der Waals surface area contributed by atoms with Crippen molar-refractivity contribution >= 4 is 47.8 Å². The van der Waals surface area contributed by atoms with E-state index in [4.69, 9.17) is 24.7 Å². The Balaban J connectivity index is 0.000000189. The van der Waals surface area contributed by atoms with Crippen LogP contribution in [0.5, 0.6) is 11.5 Å². The third-order valence-electron chi connectivity index (χ3n) is 10.6. The lowest BCUT2D eigenvalue weighted by atomic mass is 9.96. The Kier molecular flexibility index (Phi) is 18.3. The molecule has 0 spiro atoms. The molecule has 0 bridgehead atoms. The van der Waals surface area contributed by atoms with Gasteiger partial charge in [0.2, 0.25) is 0 Å². The van der Waals surface area contributed by atoms with Crippen LogP contribution < -0.4 is 31.2 Å². The van der Waals surface area contributed by atoms with Crippen molar-refractivity contribution in [3.8, 4) is 11.5 Å². The SMILES string of the molecule is Cc1cc(NC(=O)c2ccc(F)c3c2OCC[C@@H]3N)ccc1F.Cc1cc(NC(=O)c2ccc(F)c3c2OCC[C@@H]3NC(=O)OCc2cnccn2)ccc1F.Cl.O=C(OCc1cnccn1)n1ccnc1. The highest BCUT2D eigenvalue weighted by molar-refractivity contribution is 6.07. The summed E-state index contributed by atoms with van der Waals surface area (Å²) in [4.78, 5) is 68.4. The lowest BCUT2D eigenvalue weighted by molar-refractivity contribution is 0.101. The third-order valence-corrected chi connectivity index (χ3v) is 10.6. The summed E-state index contributed by atoms with van der Waals surface area (Å²) < 4.78 is 77.9. The van der Waals surface area contributed by atoms with Gasteiger partial charge in [0.15, 0.2) is 0 Å². The van der Waals surface area contributed by atoms with E-state index in [0.29, 0.717) is 46.9 Å². The summed E-state index contributed by atoms with van der Waals surface area (Å²) >= 11 is 0. The molecule has 4 aromatic carbocycles. The summed E-state index contributed by atoms with van der Waals surface area (Å²) in [7, 11) is 0. The molecule has 5 heterocycles. The molecule has 9 rings (SSSR count). The van der Waals surface area contributed by atoms with Crippen molar-refractivity contribution in [2.75, 3.05) is 23.8 Å². The minimum absolute atomic E-state index is 0. The first kappa shape index (κ1) is 52.9. The Bertz CT molecular complexity index is 3020. The lowest BCUT2D eigenvalue weighted by Crippen LogP contribution is -2.34. The molecular formula is C49H45ClF4N10O8. The van der Waals surface area contributed by atoms with Crippen LogP contribution in [-0.4, -0.2) is 66.7 Å². The highest BCUT2D eigenvalue weighted by Crippen LogP contribution is 2.38. The molecule has 2 aliphatic rings. The van der Waals surface area contributed by atoms with Crippen molar-refractivity contribution < 1.29 is 55.7 Å². The minimum atomic E-state index is -0.769. The summed E-state index contributed by atoms with van der Waals surface area (Å²) in [5.74, 6) is -2.65. The van der Waals surface area contributed by atoms with E-state index in [2.05, 4.69) is 40.9 Å². The average molecular weight is 1010 g/mol. The van der Waals surface area contributed by atoms with Gasteiger partial charge in [0.05, 0.1) is 59.7 Å². The fourth-order valence-electron chi connectivity index (χ4n) is 7.04. The molecular weight excluding hydrogens is 968 g/mol. The fourth-order valence-corrected chi connectivity index (χ4v) is 7.04. The summed E-state index contributed by atoms with van der Waals surface area (Å²) in [5.41, 5.74) is 9.17. The second-order valence-corrected chi connectivity index (χ2v) is 15.6. The quantitative estimate of drug-likeness (QED) is 0.0991. The van der Waals surface area contributed by atoms with E-state index in [0.717, 1.165) is 6.07 Å². The van der Waals surface area contributed by atoms with E-state index < -0.39 is 53.5 Å². The largest absolute Gasteiger partial charge is 0.492 e. The second-order valence-electron chi connectivity index (χ2n) is 15.6. The van der Waals surface area contributed by atoms with Crippen LogP contribution in [0.4, 0.5) is 38.5 Å². The average Bonchev–Trinajstić information content (AvgIpc) is 3.92. The number of rotatable bonds is 9. The summed E-state index contributed by atoms with van der Waals surface area (Å²) in [5, 5.41) is 7.93. The number of fused-ring (bicyclic) bond motifs is 2. The number of nitrogens with one attached hydrogen (secondary N) is 3. The maximum atomic E-state index is 14.7. The number of ether oxygens (including phenoxy) is 4. The highest BCUT2D eigenvalue weighted by Gasteiger charge is 2.31. The molecule has 374 valence electrons. The smallest absolute Gasteiger partial charge is 0.419 e. The molecule has 2 aliphatic heterocycles. The number of anilines is 2. The predicted molar refractivity (Wildman–Crippen MR) is 253 cm³/mol. The number of aryl methyl sites for hydroxylation is 2. The molecule has 3 amide bonds. The third kappa shape index (κ3) is 13.6. The molecule has 23 heteroatoms. The van der Waals surface area contributed by atoms with Gasteiger partial charge in [-0.15, -0.1) is 12.4 Å². The number of carbonyl (C=O) groups excluding carboxylic acids is 4. The second kappa shape index (κ2) is 24.9. The van der Waals surface area contributed by atoms with Crippen LogP contribution in [0.15, 0.2) is 117 Å². The Labute approximate surface area is 414 Å². The first-order valence-electron chi connectivity index (χ1n) is 21.6. The number of hydrogen-bond acceptors (Lipinski definition) is 14. The molecule has 0 radical (unpaired) electrons. The van der Waals surface area contributed by atoms with Gasteiger partial charge in [-0.2, -0.15) is 0 Å². The zero-order chi connectivity index (χ0) is 50.4. The Hall–Kier alpha value is -8.50. The number of nitrogens with two attached hydrogens (primary N) is 1. The van der Waals surface area contributed by atoms with E-state index in [1.807, 2.05) is 0 Å². The highest BCUT2D eigenvalue weighted by atomic mass is 35.5. The van der Waals surface area contributed by atoms with Crippen LogP contribution in [0, 0.1) is 37.1 Å². The number of aromatic nitrogens is 6. The van der Waals surface area contributed by atoms with Crippen LogP contribution in [0.2, 0.25) is 0 Å². The van der Waals surface area contributed by atoms with Crippen LogP contribution in [0.3, 0.4) is 0 Å². The van der Waals surface area contributed by atoms with Crippen molar-refractivity contribution in [2.45, 2.75) is 52.0 Å². The maximum Gasteiger partial charge on any atom is 0.419 e. The molecule has 72 heavy (non-hydrogen) atoms. The Morgan fingerprint density at radius 3 is 1.69 bits per heavy atom. The molecule has 18 nitrogen and oxygen atoms in total. The van der Waals surface area contributed by atoms with Gasteiger partial charge in [-0.05, 0) is 85.6 Å². The van der Waals surface area contributed by atoms with Crippen LogP contribution in [0.1, 0.15) is 79.3 Å². The number of alkyl carbamates (subject to hydrolysis) is 1. The van der Waals surface area contributed by atoms with E-state index in [-0.39, 0.29) is 78.2 Å². The zero-order valence-corrected chi connectivity index (χ0v) is 39.1. The topological polar surface area (TPSA) is 237 Å². The van der Waals surface area contributed by atoms with Crippen LogP contribution in [-0.2, 0) is 22.7 Å². The molecule has 0 saturated heterocycles. The van der Waals surface area contributed by atoms with Gasteiger partial charge in [0.25, 0.3) is 11.8 Å². The monoisotopic (exact) mass is 1010 g/mol. The van der Waals surface area contributed by atoms with Crippen LogP contribution >= 0.6 is 12.4 Å². The molecule has 0 fully saturated rings. The normalized spacial score (nSPS) is 14.0. The van der Waals surface area contributed by atoms with Crippen LogP contribution in [0.25, 0.3) is 0 Å².